The second-order valence-electron chi connectivity index (χ2n) is 5.94. The van der Waals surface area contributed by atoms with Crippen LogP contribution in [0.15, 0.2) is 33.9 Å². The maximum Gasteiger partial charge on any atom is 0.573 e. The van der Waals surface area contributed by atoms with Gasteiger partial charge in [0.1, 0.15) is 5.75 Å². The standard InChI is InChI=1S/C15H13F3N6O2S/c1-8(13-19-12(21-26-13)9-2-3-9)27-14-20-22-23-24(14)10-4-6-11(7-5-10)25-15(16,17)18/h4-9H,2-3H2,1H3. The fourth-order valence-electron chi connectivity index (χ4n) is 2.33. The monoisotopic (exact) mass is 398 g/mol. The molecular weight excluding hydrogens is 385 g/mol. The van der Waals surface area contributed by atoms with E-state index in [0.717, 1.165) is 18.7 Å². The van der Waals surface area contributed by atoms with Gasteiger partial charge in [-0.1, -0.05) is 16.9 Å². The van der Waals surface area contributed by atoms with Crippen molar-refractivity contribution in [3.8, 4) is 11.4 Å². The Morgan fingerprint density at radius 2 is 2.00 bits per heavy atom. The summed E-state index contributed by atoms with van der Waals surface area (Å²) in [7, 11) is 0. The molecule has 3 aromatic rings. The Labute approximate surface area is 155 Å². The molecule has 0 aliphatic heterocycles. The molecule has 2 aromatic heterocycles. The molecule has 12 heteroatoms. The van der Waals surface area contributed by atoms with Gasteiger partial charge in [0, 0.05) is 5.92 Å². The van der Waals surface area contributed by atoms with Crippen LogP contribution < -0.4 is 4.74 Å². The number of halogens is 3. The second kappa shape index (κ2) is 6.83. The molecular formula is C15H13F3N6O2S. The fourth-order valence-corrected chi connectivity index (χ4v) is 3.17. The lowest BCUT2D eigenvalue weighted by Crippen LogP contribution is -2.17. The molecule has 0 radical (unpaired) electrons. The summed E-state index contributed by atoms with van der Waals surface area (Å²) in [5, 5.41) is 15.7. The zero-order valence-electron chi connectivity index (χ0n) is 13.9. The highest BCUT2D eigenvalue weighted by molar-refractivity contribution is 7.99. The zero-order valence-corrected chi connectivity index (χ0v) is 14.7. The molecule has 0 amide bonds. The quantitative estimate of drug-likeness (QED) is 0.581. The number of aromatic nitrogens is 6. The van der Waals surface area contributed by atoms with E-state index in [4.69, 9.17) is 4.52 Å². The van der Waals surface area contributed by atoms with E-state index in [0.29, 0.717) is 22.7 Å². The van der Waals surface area contributed by atoms with E-state index in [1.807, 2.05) is 6.92 Å². The molecule has 0 N–H and O–H groups in total. The molecule has 4 rings (SSSR count). The molecule has 1 fully saturated rings. The lowest BCUT2D eigenvalue weighted by atomic mass is 10.3. The van der Waals surface area contributed by atoms with E-state index in [-0.39, 0.29) is 11.0 Å². The maximum absolute atomic E-state index is 12.3. The van der Waals surface area contributed by atoms with Crippen LogP contribution in [0.25, 0.3) is 5.69 Å². The minimum Gasteiger partial charge on any atom is -0.406 e. The summed E-state index contributed by atoms with van der Waals surface area (Å²) in [6.07, 6.45) is -2.59. The number of hydrogen-bond acceptors (Lipinski definition) is 8. The van der Waals surface area contributed by atoms with Crippen molar-refractivity contribution in [1.29, 1.82) is 0 Å². The number of hydrogen-bond donors (Lipinski definition) is 0. The van der Waals surface area contributed by atoms with Crippen molar-refractivity contribution in [1.82, 2.24) is 30.3 Å². The first kappa shape index (κ1) is 17.8. The summed E-state index contributed by atoms with van der Waals surface area (Å²) < 4.78 is 47.3. The van der Waals surface area contributed by atoms with Gasteiger partial charge >= 0.3 is 6.36 Å². The summed E-state index contributed by atoms with van der Waals surface area (Å²) in [5.41, 5.74) is 0.494. The van der Waals surface area contributed by atoms with Crippen molar-refractivity contribution in [2.24, 2.45) is 0 Å². The zero-order chi connectivity index (χ0) is 19.0. The van der Waals surface area contributed by atoms with Crippen molar-refractivity contribution >= 4 is 11.8 Å². The molecule has 27 heavy (non-hydrogen) atoms. The van der Waals surface area contributed by atoms with Crippen molar-refractivity contribution in [3.05, 3.63) is 36.0 Å². The van der Waals surface area contributed by atoms with Crippen LogP contribution in [0.5, 0.6) is 5.75 Å². The maximum atomic E-state index is 12.3. The Hall–Kier alpha value is -2.63. The second-order valence-corrected chi connectivity index (χ2v) is 7.25. The van der Waals surface area contributed by atoms with Gasteiger partial charge < -0.3 is 9.26 Å². The number of alkyl halides is 3. The van der Waals surface area contributed by atoms with E-state index < -0.39 is 6.36 Å². The van der Waals surface area contributed by atoms with Gasteiger partial charge in [-0.3, -0.25) is 0 Å². The van der Waals surface area contributed by atoms with Crippen LogP contribution in [-0.2, 0) is 0 Å². The molecule has 2 heterocycles. The Bertz CT molecular complexity index is 922. The van der Waals surface area contributed by atoms with E-state index in [2.05, 4.69) is 30.4 Å². The van der Waals surface area contributed by atoms with Crippen molar-refractivity contribution < 1.29 is 22.4 Å². The SMILES string of the molecule is CC(Sc1nnnn1-c1ccc(OC(F)(F)F)cc1)c1nc(C2CC2)no1. The predicted octanol–water partition coefficient (Wildman–Crippen LogP) is 3.67. The van der Waals surface area contributed by atoms with E-state index in [9.17, 15) is 13.2 Å². The van der Waals surface area contributed by atoms with Crippen molar-refractivity contribution in [3.63, 3.8) is 0 Å². The van der Waals surface area contributed by atoms with E-state index >= 15 is 0 Å². The van der Waals surface area contributed by atoms with Crippen molar-refractivity contribution in [2.45, 2.75) is 42.5 Å². The first-order valence-electron chi connectivity index (χ1n) is 8.04. The summed E-state index contributed by atoms with van der Waals surface area (Å²) in [5.74, 6) is 1.27. The number of ether oxygens (including phenoxy) is 1. The van der Waals surface area contributed by atoms with E-state index in [1.165, 1.54) is 40.7 Å². The number of thioether (sulfide) groups is 1. The molecule has 1 atom stereocenters. The third-order valence-electron chi connectivity index (χ3n) is 3.79. The molecule has 1 aromatic carbocycles. The van der Waals surface area contributed by atoms with Crippen LogP contribution in [0.3, 0.4) is 0 Å². The number of rotatable bonds is 6. The number of benzene rings is 1. The third kappa shape index (κ3) is 4.21. The predicted molar refractivity (Wildman–Crippen MR) is 86.4 cm³/mol. The Kier molecular flexibility index (Phi) is 4.50. The van der Waals surface area contributed by atoms with Gasteiger partial charge in [-0.25, -0.2) is 0 Å². The summed E-state index contributed by atoms with van der Waals surface area (Å²) in [6.45, 7) is 1.88. The van der Waals surface area contributed by atoms with Crippen LogP contribution in [0.1, 0.15) is 42.6 Å². The molecule has 0 bridgehead atoms. The molecule has 0 spiro atoms. The van der Waals surface area contributed by atoms with Gasteiger partial charge in [0.25, 0.3) is 0 Å². The summed E-state index contributed by atoms with van der Waals surface area (Å²) in [4.78, 5) is 4.40. The average Bonchev–Trinajstić information content (AvgIpc) is 3.15. The molecule has 1 aliphatic rings. The van der Waals surface area contributed by atoms with Gasteiger partial charge in [-0.2, -0.15) is 9.67 Å². The Morgan fingerprint density at radius 1 is 1.26 bits per heavy atom. The largest absolute Gasteiger partial charge is 0.573 e. The number of tetrazole rings is 1. The van der Waals surface area contributed by atoms with Gasteiger partial charge in [0.2, 0.25) is 11.0 Å². The molecule has 142 valence electrons. The van der Waals surface area contributed by atoms with Crippen LogP contribution in [0.2, 0.25) is 0 Å². The van der Waals surface area contributed by atoms with Gasteiger partial charge in [0.05, 0.1) is 10.9 Å². The minimum atomic E-state index is -4.74. The van der Waals surface area contributed by atoms with E-state index in [1.54, 1.807) is 0 Å². The lowest BCUT2D eigenvalue weighted by molar-refractivity contribution is -0.274. The lowest BCUT2D eigenvalue weighted by Gasteiger charge is -2.10. The smallest absolute Gasteiger partial charge is 0.406 e. The molecule has 1 unspecified atom stereocenters. The molecule has 8 nitrogen and oxygen atoms in total. The van der Waals surface area contributed by atoms with Crippen LogP contribution in [0, 0.1) is 0 Å². The van der Waals surface area contributed by atoms with Gasteiger partial charge in [-0.15, -0.1) is 18.3 Å². The van der Waals surface area contributed by atoms with Crippen LogP contribution in [0.4, 0.5) is 13.2 Å². The first-order chi connectivity index (χ1) is 12.9. The topological polar surface area (TPSA) is 91.8 Å². The number of nitrogens with zero attached hydrogens (tertiary/aromatic N) is 6. The van der Waals surface area contributed by atoms with Crippen LogP contribution in [-0.4, -0.2) is 36.7 Å². The summed E-state index contributed by atoms with van der Waals surface area (Å²) >= 11 is 1.30. The molecule has 0 saturated heterocycles. The highest BCUT2D eigenvalue weighted by Crippen LogP contribution is 2.40. The Morgan fingerprint density at radius 3 is 2.67 bits per heavy atom. The molecule has 1 saturated carbocycles. The highest BCUT2D eigenvalue weighted by atomic mass is 32.2. The Balaban J connectivity index is 1.48. The van der Waals surface area contributed by atoms with Crippen molar-refractivity contribution in [2.75, 3.05) is 0 Å². The van der Waals surface area contributed by atoms with Crippen LogP contribution >= 0.6 is 11.8 Å². The third-order valence-corrected chi connectivity index (χ3v) is 4.81. The first-order valence-corrected chi connectivity index (χ1v) is 8.92. The molecule has 1 aliphatic carbocycles. The summed E-state index contributed by atoms with van der Waals surface area (Å²) in [6, 6.07) is 5.26. The normalized spacial score (nSPS) is 15.7. The average molecular weight is 398 g/mol. The van der Waals surface area contributed by atoms with Gasteiger partial charge in [0.15, 0.2) is 5.82 Å². The fraction of sp³-hybridized carbons (Fsp3) is 0.400. The van der Waals surface area contributed by atoms with Gasteiger partial charge in [-0.05, 0) is 54.5 Å². The minimum absolute atomic E-state index is 0.192. The highest BCUT2D eigenvalue weighted by Gasteiger charge is 2.31.